The Kier molecular flexibility index (Phi) is 3.58. The van der Waals surface area contributed by atoms with Gasteiger partial charge in [-0.25, -0.2) is 0 Å². The summed E-state index contributed by atoms with van der Waals surface area (Å²) in [6.07, 6.45) is -4.13. The number of halogens is 3. The highest BCUT2D eigenvalue weighted by molar-refractivity contribution is 5.81. The van der Waals surface area contributed by atoms with Crippen LogP contribution in [0.1, 0.15) is 20.8 Å². The summed E-state index contributed by atoms with van der Waals surface area (Å²) >= 11 is 0. The largest absolute Gasteiger partial charge is 0.401 e. The first-order chi connectivity index (χ1) is 8.56. The molecule has 0 N–H and O–H groups in total. The highest BCUT2D eigenvalue weighted by Gasteiger charge is 2.45. The second-order valence-electron chi connectivity index (χ2n) is 6.79. The van der Waals surface area contributed by atoms with Crippen LogP contribution in [0.15, 0.2) is 0 Å². The molecule has 2 saturated heterocycles. The van der Waals surface area contributed by atoms with E-state index in [4.69, 9.17) is 0 Å². The molecule has 2 aliphatic rings. The summed E-state index contributed by atoms with van der Waals surface area (Å²) in [7, 11) is 0. The lowest BCUT2D eigenvalue weighted by Crippen LogP contribution is -2.41. The van der Waals surface area contributed by atoms with Crippen LogP contribution in [0.2, 0.25) is 0 Å². The summed E-state index contributed by atoms with van der Waals surface area (Å²) < 4.78 is 37.0. The van der Waals surface area contributed by atoms with Crippen molar-refractivity contribution in [3.63, 3.8) is 0 Å². The van der Waals surface area contributed by atoms with Gasteiger partial charge in [-0.15, -0.1) is 0 Å². The molecule has 0 saturated carbocycles. The van der Waals surface area contributed by atoms with Gasteiger partial charge < -0.3 is 4.90 Å². The molecule has 2 rings (SSSR count). The molecule has 0 spiro atoms. The second-order valence-corrected chi connectivity index (χ2v) is 6.79. The molecule has 0 aromatic heterocycles. The number of likely N-dealkylation sites (tertiary alicyclic amines) is 2. The second kappa shape index (κ2) is 4.65. The summed E-state index contributed by atoms with van der Waals surface area (Å²) in [5.74, 6) is 0.506. The van der Waals surface area contributed by atoms with Crippen LogP contribution in [-0.4, -0.2) is 54.6 Å². The Morgan fingerprint density at radius 3 is 1.89 bits per heavy atom. The summed E-state index contributed by atoms with van der Waals surface area (Å²) in [6.45, 7) is 6.92. The third kappa shape index (κ3) is 3.41. The van der Waals surface area contributed by atoms with Crippen molar-refractivity contribution in [3.05, 3.63) is 0 Å². The predicted octanol–water partition coefficient (Wildman–Crippen LogP) is 1.98. The van der Waals surface area contributed by atoms with E-state index in [1.165, 1.54) is 4.90 Å². The summed E-state index contributed by atoms with van der Waals surface area (Å²) in [6, 6.07) is 0. The minimum atomic E-state index is -4.13. The summed E-state index contributed by atoms with van der Waals surface area (Å²) in [5.41, 5.74) is -0.412. The third-order valence-electron chi connectivity index (χ3n) is 3.89. The number of carbonyl (C=O) groups excluding carboxylic acids is 1. The SMILES string of the molecule is CC(C)(C)C(=O)N1CC2CN(CC(F)(F)F)CC2C1. The van der Waals surface area contributed by atoms with E-state index in [2.05, 4.69) is 0 Å². The van der Waals surface area contributed by atoms with Gasteiger partial charge in [0.2, 0.25) is 5.91 Å². The zero-order valence-corrected chi connectivity index (χ0v) is 11.6. The van der Waals surface area contributed by atoms with Crippen molar-refractivity contribution in [1.29, 1.82) is 0 Å². The Morgan fingerprint density at radius 2 is 1.53 bits per heavy atom. The molecule has 0 radical (unpaired) electrons. The van der Waals surface area contributed by atoms with E-state index in [0.29, 0.717) is 26.2 Å². The van der Waals surface area contributed by atoms with Crippen molar-refractivity contribution in [2.45, 2.75) is 26.9 Å². The Bertz CT molecular complexity index is 348. The summed E-state index contributed by atoms with van der Waals surface area (Å²) in [5, 5.41) is 0. The Balaban J connectivity index is 1.89. The van der Waals surface area contributed by atoms with Gasteiger partial charge in [0.15, 0.2) is 0 Å². The van der Waals surface area contributed by atoms with Crippen LogP contribution in [0.3, 0.4) is 0 Å². The van der Waals surface area contributed by atoms with Crippen molar-refractivity contribution in [2.24, 2.45) is 17.3 Å². The van der Waals surface area contributed by atoms with Crippen LogP contribution in [-0.2, 0) is 4.79 Å². The van der Waals surface area contributed by atoms with E-state index in [-0.39, 0.29) is 17.7 Å². The molecule has 2 unspecified atom stereocenters. The first kappa shape index (κ1) is 14.6. The minimum Gasteiger partial charge on any atom is -0.342 e. The maximum absolute atomic E-state index is 12.3. The number of carbonyl (C=O) groups is 1. The van der Waals surface area contributed by atoms with E-state index in [0.717, 1.165) is 0 Å². The fraction of sp³-hybridized carbons (Fsp3) is 0.923. The zero-order chi connectivity index (χ0) is 14.4. The van der Waals surface area contributed by atoms with E-state index in [9.17, 15) is 18.0 Å². The predicted molar refractivity (Wildman–Crippen MR) is 65.5 cm³/mol. The monoisotopic (exact) mass is 278 g/mol. The van der Waals surface area contributed by atoms with Gasteiger partial charge in [-0.05, 0) is 11.8 Å². The first-order valence-corrected chi connectivity index (χ1v) is 6.65. The zero-order valence-electron chi connectivity index (χ0n) is 11.6. The van der Waals surface area contributed by atoms with Gasteiger partial charge in [0, 0.05) is 31.6 Å². The number of alkyl halides is 3. The van der Waals surface area contributed by atoms with E-state index < -0.39 is 18.1 Å². The van der Waals surface area contributed by atoms with Crippen molar-refractivity contribution >= 4 is 5.91 Å². The van der Waals surface area contributed by atoms with Gasteiger partial charge >= 0.3 is 6.18 Å². The molecule has 19 heavy (non-hydrogen) atoms. The highest BCUT2D eigenvalue weighted by atomic mass is 19.4. The number of amides is 1. The fourth-order valence-electron chi connectivity index (χ4n) is 3.11. The average Bonchev–Trinajstić information content (AvgIpc) is 2.69. The molecule has 0 aliphatic carbocycles. The normalized spacial score (nSPS) is 28.8. The standard InChI is InChI=1S/C13H21F3N2O/c1-12(2,3)11(19)18-6-9-4-17(5-10(9)7-18)8-13(14,15)16/h9-10H,4-8H2,1-3H3. The molecule has 0 aromatic rings. The van der Waals surface area contributed by atoms with Gasteiger partial charge in [0.25, 0.3) is 0 Å². The van der Waals surface area contributed by atoms with Crippen LogP contribution < -0.4 is 0 Å². The molecule has 0 aromatic carbocycles. The molecule has 2 fully saturated rings. The molecule has 2 aliphatic heterocycles. The van der Waals surface area contributed by atoms with Gasteiger partial charge in [-0.3, -0.25) is 9.69 Å². The number of hydrogen-bond donors (Lipinski definition) is 0. The lowest BCUT2D eigenvalue weighted by Gasteiger charge is -2.27. The summed E-state index contributed by atoms with van der Waals surface area (Å²) in [4.78, 5) is 15.4. The number of hydrogen-bond acceptors (Lipinski definition) is 2. The molecule has 0 bridgehead atoms. The van der Waals surface area contributed by atoms with Crippen molar-refractivity contribution in [2.75, 3.05) is 32.7 Å². The Morgan fingerprint density at radius 1 is 1.05 bits per heavy atom. The van der Waals surface area contributed by atoms with E-state index in [1.54, 1.807) is 0 Å². The molecule has 6 heteroatoms. The Hall–Kier alpha value is -0.780. The first-order valence-electron chi connectivity index (χ1n) is 6.65. The van der Waals surface area contributed by atoms with E-state index >= 15 is 0 Å². The van der Waals surface area contributed by atoms with Crippen LogP contribution >= 0.6 is 0 Å². The molecule has 3 nitrogen and oxygen atoms in total. The maximum atomic E-state index is 12.3. The maximum Gasteiger partial charge on any atom is 0.401 e. The van der Waals surface area contributed by atoms with Crippen molar-refractivity contribution in [1.82, 2.24) is 9.80 Å². The van der Waals surface area contributed by atoms with Crippen LogP contribution in [0.4, 0.5) is 13.2 Å². The lowest BCUT2D eigenvalue weighted by molar-refractivity contribution is -0.145. The van der Waals surface area contributed by atoms with Crippen molar-refractivity contribution < 1.29 is 18.0 Å². The topological polar surface area (TPSA) is 23.6 Å². The van der Waals surface area contributed by atoms with Gasteiger partial charge in [-0.1, -0.05) is 20.8 Å². The van der Waals surface area contributed by atoms with Crippen molar-refractivity contribution in [3.8, 4) is 0 Å². The molecule has 2 heterocycles. The number of nitrogens with zero attached hydrogens (tertiary/aromatic N) is 2. The minimum absolute atomic E-state index is 0.101. The van der Waals surface area contributed by atoms with Crippen LogP contribution in [0, 0.1) is 17.3 Å². The number of rotatable bonds is 1. The lowest BCUT2D eigenvalue weighted by atomic mass is 9.95. The highest BCUT2D eigenvalue weighted by Crippen LogP contribution is 2.34. The smallest absolute Gasteiger partial charge is 0.342 e. The van der Waals surface area contributed by atoms with Crippen LogP contribution in [0.25, 0.3) is 0 Å². The average molecular weight is 278 g/mol. The molecule has 2 atom stereocenters. The number of fused-ring (bicyclic) bond motifs is 1. The Labute approximate surface area is 111 Å². The van der Waals surface area contributed by atoms with Gasteiger partial charge in [-0.2, -0.15) is 13.2 Å². The molecular weight excluding hydrogens is 257 g/mol. The molecule has 1 amide bonds. The molecule has 110 valence electrons. The van der Waals surface area contributed by atoms with E-state index in [1.807, 2.05) is 25.7 Å². The van der Waals surface area contributed by atoms with Gasteiger partial charge in [0.05, 0.1) is 6.54 Å². The van der Waals surface area contributed by atoms with Gasteiger partial charge in [0.1, 0.15) is 0 Å². The van der Waals surface area contributed by atoms with Crippen LogP contribution in [0.5, 0.6) is 0 Å². The fourth-order valence-corrected chi connectivity index (χ4v) is 3.11. The quantitative estimate of drug-likeness (QED) is 0.732. The third-order valence-corrected chi connectivity index (χ3v) is 3.89. The molecular formula is C13H21F3N2O.